The average molecular weight is 271 g/mol. The van der Waals surface area contributed by atoms with Gasteiger partial charge < -0.3 is 15.6 Å². The number of carbonyl (C=O) groups excluding carboxylic acids is 1. The normalized spacial score (nSPS) is 27.4. The Bertz CT molecular complexity index is 349. The van der Waals surface area contributed by atoms with Gasteiger partial charge in [-0.1, -0.05) is 0 Å². The molecule has 5 nitrogen and oxygen atoms in total. The van der Waals surface area contributed by atoms with Crippen molar-refractivity contribution in [1.82, 2.24) is 0 Å². The van der Waals surface area contributed by atoms with Crippen LogP contribution in [0.3, 0.4) is 0 Å². The van der Waals surface area contributed by atoms with Gasteiger partial charge in [0.1, 0.15) is 11.1 Å². The van der Waals surface area contributed by atoms with Gasteiger partial charge in [-0.25, -0.2) is 0 Å². The first-order chi connectivity index (χ1) is 8.54. The van der Waals surface area contributed by atoms with Crippen LogP contribution in [0.4, 0.5) is 0 Å². The Kier molecular flexibility index (Phi) is 4.61. The van der Waals surface area contributed by atoms with Crippen LogP contribution in [0, 0.1) is 11.8 Å². The molecule has 1 rings (SSSR count). The van der Waals surface area contributed by atoms with Crippen molar-refractivity contribution in [2.45, 2.75) is 64.5 Å². The SMILES string of the molecule is CC(C)(C)OC(=O)C(C)(N)C1CCC(C(=O)O)CC1. The molecule has 3 N–H and O–H groups in total. The first-order valence-corrected chi connectivity index (χ1v) is 6.79. The molecular weight excluding hydrogens is 246 g/mol. The van der Waals surface area contributed by atoms with Gasteiger partial charge in [0.05, 0.1) is 5.92 Å². The van der Waals surface area contributed by atoms with E-state index in [0.29, 0.717) is 25.7 Å². The van der Waals surface area contributed by atoms with Crippen molar-refractivity contribution in [2.75, 3.05) is 0 Å². The fraction of sp³-hybridized carbons (Fsp3) is 0.857. The molecule has 110 valence electrons. The summed E-state index contributed by atoms with van der Waals surface area (Å²) in [7, 11) is 0. The van der Waals surface area contributed by atoms with E-state index in [9.17, 15) is 9.59 Å². The van der Waals surface area contributed by atoms with E-state index in [0.717, 1.165) is 0 Å². The maximum atomic E-state index is 12.1. The summed E-state index contributed by atoms with van der Waals surface area (Å²) in [6.07, 6.45) is 2.47. The lowest BCUT2D eigenvalue weighted by molar-refractivity contribution is -0.164. The molecule has 0 aliphatic heterocycles. The molecule has 1 atom stereocenters. The summed E-state index contributed by atoms with van der Waals surface area (Å²) in [6, 6.07) is 0. The Balaban J connectivity index is 2.64. The van der Waals surface area contributed by atoms with Crippen LogP contribution in [0.15, 0.2) is 0 Å². The van der Waals surface area contributed by atoms with E-state index in [4.69, 9.17) is 15.6 Å². The van der Waals surface area contributed by atoms with Gasteiger partial charge in [-0.2, -0.15) is 0 Å². The molecule has 1 unspecified atom stereocenters. The predicted molar refractivity (Wildman–Crippen MR) is 71.5 cm³/mol. The number of hydrogen-bond acceptors (Lipinski definition) is 4. The molecule has 1 aliphatic carbocycles. The van der Waals surface area contributed by atoms with E-state index in [2.05, 4.69) is 0 Å². The van der Waals surface area contributed by atoms with Gasteiger partial charge in [-0.15, -0.1) is 0 Å². The van der Waals surface area contributed by atoms with Crippen LogP contribution in [-0.4, -0.2) is 28.2 Å². The molecule has 1 saturated carbocycles. The minimum absolute atomic E-state index is 0.0158. The highest BCUT2D eigenvalue weighted by molar-refractivity contribution is 5.81. The van der Waals surface area contributed by atoms with Crippen LogP contribution in [0.1, 0.15) is 53.4 Å². The van der Waals surface area contributed by atoms with Gasteiger partial charge in [0, 0.05) is 0 Å². The molecule has 5 heteroatoms. The highest BCUT2D eigenvalue weighted by Gasteiger charge is 2.42. The van der Waals surface area contributed by atoms with Crippen molar-refractivity contribution in [3.8, 4) is 0 Å². The lowest BCUT2D eigenvalue weighted by atomic mass is 9.73. The molecular formula is C14H25NO4. The summed E-state index contributed by atoms with van der Waals surface area (Å²) in [4.78, 5) is 23.0. The Hall–Kier alpha value is -1.10. The molecule has 0 bridgehead atoms. The van der Waals surface area contributed by atoms with Gasteiger partial charge in [0.15, 0.2) is 0 Å². The number of rotatable bonds is 3. The van der Waals surface area contributed by atoms with E-state index in [1.54, 1.807) is 6.92 Å². The van der Waals surface area contributed by atoms with Crippen LogP contribution in [0.5, 0.6) is 0 Å². The molecule has 0 aromatic rings. The van der Waals surface area contributed by atoms with Crippen molar-refractivity contribution >= 4 is 11.9 Å². The summed E-state index contributed by atoms with van der Waals surface area (Å²) in [5.74, 6) is -1.48. The van der Waals surface area contributed by atoms with E-state index in [1.807, 2.05) is 20.8 Å². The molecule has 1 fully saturated rings. The van der Waals surface area contributed by atoms with Crippen molar-refractivity contribution in [3.63, 3.8) is 0 Å². The smallest absolute Gasteiger partial charge is 0.326 e. The third-order valence-electron chi connectivity index (χ3n) is 3.76. The Morgan fingerprint density at radius 1 is 1.11 bits per heavy atom. The molecule has 0 amide bonds. The number of carboxylic acids is 1. The molecule has 0 aromatic heterocycles. The van der Waals surface area contributed by atoms with Crippen molar-refractivity contribution in [2.24, 2.45) is 17.6 Å². The second kappa shape index (κ2) is 5.49. The summed E-state index contributed by atoms with van der Waals surface area (Å²) < 4.78 is 5.35. The lowest BCUT2D eigenvalue weighted by Crippen LogP contribution is -2.55. The highest BCUT2D eigenvalue weighted by Crippen LogP contribution is 2.35. The molecule has 0 aromatic carbocycles. The first-order valence-electron chi connectivity index (χ1n) is 6.79. The van der Waals surface area contributed by atoms with E-state index >= 15 is 0 Å². The standard InChI is InChI=1S/C14H25NO4/c1-13(2,3)19-12(18)14(4,15)10-7-5-9(6-8-10)11(16)17/h9-10H,5-8,15H2,1-4H3,(H,16,17). The summed E-state index contributed by atoms with van der Waals surface area (Å²) in [5.41, 5.74) is 4.54. The Morgan fingerprint density at radius 3 is 1.95 bits per heavy atom. The van der Waals surface area contributed by atoms with Gasteiger partial charge in [-0.05, 0) is 59.3 Å². The lowest BCUT2D eigenvalue weighted by Gasteiger charge is -2.37. The van der Waals surface area contributed by atoms with Crippen molar-refractivity contribution in [3.05, 3.63) is 0 Å². The fourth-order valence-electron chi connectivity index (χ4n) is 2.49. The summed E-state index contributed by atoms with van der Waals surface area (Å²) in [6.45, 7) is 7.11. The maximum Gasteiger partial charge on any atom is 0.326 e. The van der Waals surface area contributed by atoms with Gasteiger partial charge in [-0.3, -0.25) is 9.59 Å². The molecule has 19 heavy (non-hydrogen) atoms. The van der Waals surface area contributed by atoms with E-state index in [-0.39, 0.29) is 11.8 Å². The van der Waals surface area contributed by atoms with Gasteiger partial charge in [0.25, 0.3) is 0 Å². The monoisotopic (exact) mass is 271 g/mol. The molecule has 1 aliphatic rings. The van der Waals surface area contributed by atoms with Crippen LogP contribution < -0.4 is 5.73 Å². The number of carbonyl (C=O) groups is 2. The van der Waals surface area contributed by atoms with Crippen molar-refractivity contribution in [1.29, 1.82) is 0 Å². The Morgan fingerprint density at radius 2 is 1.58 bits per heavy atom. The van der Waals surface area contributed by atoms with Crippen LogP contribution in [-0.2, 0) is 14.3 Å². The number of nitrogens with two attached hydrogens (primary N) is 1. The third-order valence-corrected chi connectivity index (χ3v) is 3.76. The minimum Gasteiger partial charge on any atom is -0.481 e. The fourth-order valence-corrected chi connectivity index (χ4v) is 2.49. The van der Waals surface area contributed by atoms with E-state index in [1.165, 1.54) is 0 Å². The number of ether oxygens (including phenoxy) is 1. The largest absolute Gasteiger partial charge is 0.481 e. The zero-order valence-corrected chi connectivity index (χ0v) is 12.2. The third kappa shape index (κ3) is 4.20. The minimum atomic E-state index is -1.04. The average Bonchev–Trinajstić information content (AvgIpc) is 2.26. The first kappa shape index (κ1) is 16.0. The number of hydrogen-bond donors (Lipinski definition) is 2. The second-order valence-electron chi connectivity index (χ2n) is 6.67. The topological polar surface area (TPSA) is 89.6 Å². The van der Waals surface area contributed by atoms with Crippen LogP contribution >= 0.6 is 0 Å². The molecule has 0 spiro atoms. The Labute approximate surface area is 114 Å². The van der Waals surface area contributed by atoms with Gasteiger partial charge >= 0.3 is 11.9 Å². The second-order valence-corrected chi connectivity index (χ2v) is 6.67. The zero-order valence-electron chi connectivity index (χ0n) is 12.2. The number of carboxylic acid groups (broad SMARTS) is 1. The summed E-state index contributed by atoms with van der Waals surface area (Å²) in [5, 5.41) is 8.97. The predicted octanol–water partition coefficient (Wildman–Crippen LogP) is 1.94. The zero-order chi connectivity index (χ0) is 14.8. The quantitative estimate of drug-likeness (QED) is 0.766. The van der Waals surface area contributed by atoms with Crippen LogP contribution in [0.25, 0.3) is 0 Å². The molecule has 0 heterocycles. The number of esters is 1. The number of aliphatic carboxylic acids is 1. The molecule has 0 saturated heterocycles. The van der Waals surface area contributed by atoms with Crippen molar-refractivity contribution < 1.29 is 19.4 Å². The maximum absolute atomic E-state index is 12.1. The molecule has 0 radical (unpaired) electrons. The van der Waals surface area contributed by atoms with E-state index < -0.39 is 23.1 Å². The summed E-state index contributed by atoms with van der Waals surface area (Å²) >= 11 is 0. The van der Waals surface area contributed by atoms with Gasteiger partial charge in [0.2, 0.25) is 0 Å². The van der Waals surface area contributed by atoms with Crippen LogP contribution in [0.2, 0.25) is 0 Å². The highest BCUT2D eigenvalue weighted by atomic mass is 16.6.